The largest absolute Gasteiger partial charge is 0.489 e. The van der Waals surface area contributed by atoms with E-state index in [0.717, 1.165) is 44.3 Å². The Labute approximate surface area is 203 Å². The van der Waals surface area contributed by atoms with E-state index in [1.807, 2.05) is 18.2 Å². The van der Waals surface area contributed by atoms with Gasteiger partial charge in [0.25, 0.3) is 0 Å². The number of carbonyl (C=O) groups excluding carboxylic acids is 2. The van der Waals surface area contributed by atoms with Crippen LogP contribution >= 0.6 is 0 Å². The lowest BCUT2D eigenvalue weighted by atomic mass is 9.54. The van der Waals surface area contributed by atoms with Crippen LogP contribution in [0.4, 0.5) is 0 Å². The van der Waals surface area contributed by atoms with Crippen molar-refractivity contribution in [1.82, 2.24) is 5.32 Å². The first kappa shape index (κ1) is 23.1. The zero-order valence-electron chi connectivity index (χ0n) is 20.5. The molecule has 0 spiro atoms. The number of ketones is 1. The van der Waals surface area contributed by atoms with Gasteiger partial charge in [0.2, 0.25) is 5.91 Å². The Morgan fingerprint density at radius 1 is 1.15 bits per heavy atom. The Hall–Kier alpha value is -2.62. The summed E-state index contributed by atoms with van der Waals surface area (Å²) >= 11 is 0. The van der Waals surface area contributed by atoms with Crippen molar-refractivity contribution >= 4 is 11.7 Å². The Morgan fingerprint density at radius 2 is 1.97 bits per heavy atom. The molecule has 2 aromatic rings. The van der Waals surface area contributed by atoms with Gasteiger partial charge in [-0.2, -0.15) is 0 Å². The van der Waals surface area contributed by atoms with Crippen LogP contribution in [0.1, 0.15) is 74.5 Å². The lowest BCUT2D eigenvalue weighted by Crippen LogP contribution is -2.44. The first-order chi connectivity index (χ1) is 16.5. The minimum atomic E-state index is -0.172. The molecule has 2 saturated carbocycles. The molecule has 0 aromatic heterocycles. The number of hydrogen-bond acceptors (Lipinski definition) is 3. The predicted octanol–water partition coefficient (Wildman–Crippen LogP) is 5.83. The van der Waals surface area contributed by atoms with Crippen molar-refractivity contribution in [2.45, 2.75) is 70.8 Å². The summed E-state index contributed by atoms with van der Waals surface area (Å²) < 4.78 is 6.11. The minimum Gasteiger partial charge on any atom is -0.489 e. The lowest BCUT2D eigenvalue weighted by molar-refractivity contribution is -0.129. The van der Waals surface area contributed by atoms with Crippen LogP contribution in [0, 0.1) is 23.2 Å². The van der Waals surface area contributed by atoms with Crippen LogP contribution in [-0.2, 0) is 22.6 Å². The van der Waals surface area contributed by atoms with Gasteiger partial charge >= 0.3 is 0 Å². The molecule has 0 unspecified atom stereocenters. The molecular weight excluding hydrogens is 422 g/mol. The average Bonchev–Trinajstić information content (AvgIpc) is 3.12. The van der Waals surface area contributed by atoms with E-state index in [0.29, 0.717) is 48.9 Å². The molecular formula is C30H37NO3. The van der Waals surface area contributed by atoms with Crippen LogP contribution in [0.5, 0.6) is 5.75 Å². The number of ether oxygens (including phenoxy) is 1. The van der Waals surface area contributed by atoms with Gasteiger partial charge in [0, 0.05) is 25.3 Å². The third kappa shape index (κ3) is 4.28. The minimum absolute atomic E-state index is 0.102. The average molecular weight is 460 g/mol. The molecule has 2 aromatic carbocycles. The first-order valence-corrected chi connectivity index (χ1v) is 13.0. The Bertz CT molecular complexity index is 1050. The summed E-state index contributed by atoms with van der Waals surface area (Å²) in [4.78, 5) is 24.9. The molecule has 0 heterocycles. The quantitative estimate of drug-likeness (QED) is 0.566. The standard InChI is InChI=1S/C30H37NO3/c1-30-16-15-25-24-14-12-23(34-19-20-7-4-3-5-8-20)17-21(24)11-13-26(25)29(30)22(18-27(30)32)9-6-10-28(33)31-2/h3-5,7-8,12,14,17,22,25-26,29H,6,9-11,13,15-16,18-19H2,1-2H3,(H,31,33)/t22-,25-,26-,29+,30-/m1/s1. The molecule has 4 nitrogen and oxygen atoms in total. The summed E-state index contributed by atoms with van der Waals surface area (Å²) in [6, 6.07) is 17.0. The Balaban J connectivity index is 1.31. The van der Waals surface area contributed by atoms with Gasteiger partial charge in [-0.15, -0.1) is 0 Å². The molecule has 4 heteroatoms. The number of fused-ring (bicyclic) bond motifs is 5. The van der Waals surface area contributed by atoms with E-state index in [4.69, 9.17) is 4.74 Å². The second-order valence-corrected chi connectivity index (χ2v) is 10.9. The second kappa shape index (κ2) is 9.56. The van der Waals surface area contributed by atoms with Gasteiger partial charge in [-0.1, -0.05) is 43.3 Å². The fourth-order valence-corrected chi connectivity index (χ4v) is 7.36. The molecule has 1 N–H and O–H groups in total. The number of nitrogens with one attached hydrogen (secondary N) is 1. The molecule has 0 radical (unpaired) electrons. The number of carbonyl (C=O) groups is 2. The number of aryl methyl sites for hydroxylation is 1. The fraction of sp³-hybridized carbons (Fsp3) is 0.533. The van der Waals surface area contributed by atoms with E-state index in [1.54, 1.807) is 7.05 Å². The third-order valence-electron chi connectivity index (χ3n) is 9.05. The monoisotopic (exact) mass is 459 g/mol. The molecule has 3 aliphatic rings. The van der Waals surface area contributed by atoms with Gasteiger partial charge in [0.15, 0.2) is 0 Å². The van der Waals surface area contributed by atoms with E-state index in [9.17, 15) is 9.59 Å². The van der Waals surface area contributed by atoms with Crippen molar-refractivity contribution in [2.75, 3.05) is 7.05 Å². The lowest BCUT2D eigenvalue weighted by Gasteiger charge is -2.50. The van der Waals surface area contributed by atoms with Crippen molar-refractivity contribution in [2.24, 2.45) is 23.2 Å². The summed E-state index contributed by atoms with van der Waals surface area (Å²) in [6.07, 6.45) is 7.44. The summed E-state index contributed by atoms with van der Waals surface area (Å²) in [7, 11) is 1.70. The molecule has 0 bridgehead atoms. The number of benzene rings is 2. The van der Waals surface area contributed by atoms with Gasteiger partial charge in [-0.05, 0) is 91.0 Å². The number of amides is 1. The fourth-order valence-electron chi connectivity index (χ4n) is 7.36. The van der Waals surface area contributed by atoms with Crippen molar-refractivity contribution in [3.63, 3.8) is 0 Å². The molecule has 5 atom stereocenters. The van der Waals surface area contributed by atoms with Crippen LogP contribution < -0.4 is 10.1 Å². The van der Waals surface area contributed by atoms with Gasteiger partial charge in [0.1, 0.15) is 18.1 Å². The summed E-state index contributed by atoms with van der Waals surface area (Å²) in [5.41, 5.74) is 3.92. The summed E-state index contributed by atoms with van der Waals surface area (Å²) in [5.74, 6) is 3.50. The van der Waals surface area contributed by atoms with Crippen molar-refractivity contribution in [3.05, 3.63) is 65.2 Å². The van der Waals surface area contributed by atoms with Crippen molar-refractivity contribution in [3.8, 4) is 5.75 Å². The Morgan fingerprint density at radius 3 is 2.76 bits per heavy atom. The van der Waals surface area contributed by atoms with E-state index in [2.05, 4.69) is 42.6 Å². The molecule has 1 amide bonds. The second-order valence-electron chi connectivity index (χ2n) is 10.9. The van der Waals surface area contributed by atoms with Gasteiger partial charge < -0.3 is 10.1 Å². The SMILES string of the molecule is CNC(=O)CCC[C@@H]1CC(=O)[C@@]2(C)CC[C@@H]3c4ccc(OCc5ccccc5)cc4CC[C@H]3[C@H]12. The van der Waals surface area contributed by atoms with E-state index < -0.39 is 0 Å². The maximum atomic E-state index is 13.2. The summed E-state index contributed by atoms with van der Waals surface area (Å²) in [6.45, 7) is 2.83. The van der Waals surface area contributed by atoms with Crippen LogP contribution in [0.15, 0.2) is 48.5 Å². The van der Waals surface area contributed by atoms with Crippen molar-refractivity contribution in [1.29, 1.82) is 0 Å². The highest BCUT2D eigenvalue weighted by atomic mass is 16.5. The van der Waals surface area contributed by atoms with Crippen molar-refractivity contribution < 1.29 is 14.3 Å². The number of hydrogen-bond donors (Lipinski definition) is 1. The van der Waals surface area contributed by atoms with Gasteiger partial charge in [-0.25, -0.2) is 0 Å². The predicted molar refractivity (Wildman–Crippen MR) is 134 cm³/mol. The molecule has 0 saturated heterocycles. The highest BCUT2D eigenvalue weighted by Crippen LogP contribution is 2.62. The van der Waals surface area contributed by atoms with E-state index >= 15 is 0 Å². The first-order valence-electron chi connectivity index (χ1n) is 13.0. The topological polar surface area (TPSA) is 55.4 Å². The number of Topliss-reactive ketones (excluding diaryl/α,β-unsaturated/α-hetero) is 1. The maximum Gasteiger partial charge on any atom is 0.219 e. The maximum absolute atomic E-state index is 13.2. The number of rotatable bonds is 7. The van der Waals surface area contributed by atoms with E-state index in [1.165, 1.54) is 16.7 Å². The van der Waals surface area contributed by atoms with Crippen LogP contribution in [-0.4, -0.2) is 18.7 Å². The highest BCUT2D eigenvalue weighted by molar-refractivity contribution is 5.87. The van der Waals surface area contributed by atoms with Gasteiger partial charge in [0.05, 0.1) is 0 Å². The molecule has 2 fully saturated rings. The molecule has 0 aliphatic heterocycles. The normalized spacial score (nSPS) is 29.6. The molecule has 5 rings (SSSR count). The highest BCUT2D eigenvalue weighted by Gasteiger charge is 2.58. The van der Waals surface area contributed by atoms with Crippen LogP contribution in [0.25, 0.3) is 0 Å². The zero-order valence-corrected chi connectivity index (χ0v) is 20.5. The molecule has 180 valence electrons. The third-order valence-corrected chi connectivity index (χ3v) is 9.05. The Kier molecular flexibility index (Phi) is 6.50. The summed E-state index contributed by atoms with van der Waals surface area (Å²) in [5, 5.41) is 2.73. The van der Waals surface area contributed by atoms with Crippen LogP contribution in [0.3, 0.4) is 0 Å². The molecule has 3 aliphatic carbocycles. The smallest absolute Gasteiger partial charge is 0.219 e. The zero-order chi connectivity index (χ0) is 23.7. The van der Waals surface area contributed by atoms with Gasteiger partial charge in [-0.3, -0.25) is 9.59 Å². The van der Waals surface area contributed by atoms with E-state index in [-0.39, 0.29) is 11.3 Å². The molecule has 34 heavy (non-hydrogen) atoms. The van der Waals surface area contributed by atoms with Crippen LogP contribution in [0.2, 0.25) is 0 Å².